The number of nitrogens with one attached hydrogen (secondary N) is 1. The lowest BCUT2D eigenvalue weighted by molar-refractivity contribution is -0.151. The number of hydrogen-bond acceptors (Lipinski definition) is 4. The minimum absolute atomic E-state index is 0.0514. The summed E-state index contributed by atoms with van der Waals surface area (Å²) >= 11 is 0. The predicted molar refractivity (Wildman–Crippen MR) is 67.0 cm³/mol. The molecule has 5 nitrogen and oxygen atoms in total. The number of nitrogens with zero attached hydrogens (tertiary/aromatic N) is 1. The number of esters is 1. The van der Waals surface area contributed by atoms with E-state index in [2.05, 4.69) is 5.32 Å². The van der Waals surface area contributed by atoms with E-state index in [1.54, 1.807) is 11.8 Å². The SMILES string of the molecule is CCOC(=O)CN(C(=O)C1(C)CCCN1)C1CC1. The highest BCUT2D eigenvalue weighted by molar-refractivity contribution is 5.89. The minimum atomic E-state index is -0.491. The molecule has 1 saturated carbocycles. The normalized spacial score (nSPS) is 27.0. The standard InChI is InChI=1S/C13H22N2O3/c1-3-18-11(16)9-15(10-5-6-10)12(17)13(2)7-4-8-14-13/h10,14H,3-9H2,1-2H3. The van der Waals surface area contributed by atoms with E-state index in [1.165, 1.54) is 0 Å². The molecule has 0 radical (unpaired) electrons. The zero-order chi connectivity index (χ0) is 13.2. The second-order valence-corrected chi connectivity index (χ2v) is 5.33. The minimum Gasteiger partial charge on any atom is -0.465 e. The molecule has 1 aliphatic heterocycles. The molecule has 5 heteroatoms. The van der Waals surface area contributed by atoms with Gasteiger partial charge in [0.15, 0.2) is 0 Å². The largest absolute Gasteiger partial charge is 0.465 e. The van der Waals surface area contributed by atoms with E-state index in [0.29, 0.717) is 6.61 Å². The van der Waals surface area contributed by atoms with E-state index in [4.69, 9.17) is 4.74 Å². The summed E-state index contributed by atoms with van der Waals surface area (Å²) in [6.07, 6.45) is 3.86. The molecule has 1 aliphatic carbocycles. The van der Waals surface area contributed by atoms with Crippen LogP contribution in [0.2, 0.25) is 0 Å². The van der Waals surface area contributed by atoms with Gasteiger partial charge in [-0.15, -0.1) is 0 Å². The van der Waals surface area contributed by atoms with Crippen molar-refractivity contribution in [2.75, 3.05) is 19.7 Å². The molecule has 1 unspecified atom stereocenters. The van der Waals surface area contributed by atoms with Gasteiger partial charge in [0.05, 0.1) is 12.1 Å². The average Bonchev–Trinajstić information content (AvgIpc) is 3.08. The fraction of sp³-hybridized carbons (Fsp3) is 0.846. The topological polar surface area (TPSA) is 58.6 Å². The van der Waals surface area contributed by atoms with Gasteiger partial charge in [-0.25, -0.2) is 0 Å². The molecular formula is C13H22N2O3. The van der Waals surface area contributed by atoms with E-state index in [9.17, 15) is 9.59 Å². The monoisotopic (exact) mass is 254 g/mol. The molecule has 0 spiro atoms. The lowest BCUT2D eigenvalue weighted by Gasteiger charge is -2.31. The van der Waals surface area contributed by atoms with Crippen LogP contribution < -0.4 is 5.32 Å². The van der Waals surface area contributed by atoms with Crippen molar-refractivity contribution in [3.8, 4) is 0 Å². The van der Waals surface area contributed by atoms with Crippen LogP contribution >= 0.6 is 0 Å². The van der Waals surface area contributed by atoms with Gasteiger partial charge in [0.25, 0.3) is 0 Å². The molecule has 18 heavy (non-hydrogen) atoms. The third-order valence-corrected chi connectivity index (χ3v) is 3.69. The molecule has 1 heterocycles. The molecule has 1 atom stereocenters. The number of carbonyl (C=O) groups excluding carboxylic acids is 2. The molecule has 0 bridgehead atoms. The van der Waals surface area contributed by atoms with E-state index in [1.807, 2.05) is 6.92 Å². The van der Waals surface area contributed by atoms with Gasteiger partial charge in [-0.2, -0.15) is 0 Å². The van der Waals surface area contributed by atoms with Crippen LogP contribution in [-0.2, 0) is 14.3 Å². The summed E-state index contributed by atoms with van der Waals surface area (Å²) in [7, 11) is 0. The summed E-state index contributed by atoms with van der Waals surface area (Å²) in [5, 5.41) is 3.26. The molecule has 2 aliphatic rings. The highest BCUT2D eigenvalue weighted by Crippen LogP contribution is 2.31. The van der Waals surface area contributed by atoms with Gasteiger partial charge >= 0.3 is 5.97 Å². The summed E-state index contributed by atoms with van der Waals surface area (Å²) < 4.78 is 4.94. The Hall–Kier alpha value is -1.10. The number of amides is 1. The van der Waals surface area contributed by atoms with E-state index in [0.717, 1.165) is 32.2 Å². The summed E-state index contributed by atoms with van der Waals surface area (Å²) in [6, 6.07) is 0.237. The van der Waals surface area contributed by atoms with Crippen LogP contribution in [0, 0.1) is 0 Å². The van der Waals surface area contributed by atoms with Gasteiger partial charge < -0.3 is 15.0 Å². The highest BCUT2D eigenvalue weighted by atomic mass is 16.5. The number of carbonyl (C=O) groups is 2. The van der Waals surface area contributed by atoms with E-state index < -0.39 is 5.54 Å². The van der Waals surface area contributed by atoms with Crippen molar-refractivity contribution in [1.82, 2.24) is 10.2 Å². The first-order valence-electron chi connectivity index (χ1n) is 6.78. The molecule has 0 aromatic rings. The Kier molecular flexibility index (Phi) is 3.90. The molecule has 0 aromatic heterocycles. The van der Waals surface area contributed by atoms with Crippen molar-refractivity contribution in [3.05, 3.63) is 0 Å². The molecule has 1 saturated heterocycles. The smallest absolute Gasteiger partial charge is 0.325 e. The first-order chi connectivity index (χ1) is 8.57. The van der Waals surface area contributed by atoms with Crippen LogP contribution in [0.15, 0.2) is 0 Å². The third kappa shape index (κ3) is 2.83. The Balaban J connectivity index is 2.00. The van der Waals surface area contributed by atoms with Crippen LogP contribution in [0.25, 0.3) is 0 Å². The average molecular weight is 254 g/mol. The van der Waals surface area contributed by atoms with Crippen LogP contribution in [0.1, 0.15) is 39.5 Å². The Morgan fingerprint density at radius 3 is 2.67 bits per heavy atom. The number of hydrogen-bond donors (Lipinski definition) is 1. The molecule has 1 N–H and O–H groups in total. The summed E-state index contributed by atoms with van der Waals surface area (Å²) in [4.78, 5) is 25.8. The van der Waals surface area contributed by atoms with Crippen molar-refractivity contribution in [2.24, 2.45) is 0 Å². The number of rotatable bonds is 5. The molecule has 2 rings (SSSR count). The maximum Gasteiger partial charge on any atom is 0.325 e. The third-order valence-electron chi connectivity index (χ3n) is 3.69. The summed E-state index contributed by atoms with van der Waals surface area (Å²) in [5.41, 5.74) is -0.491. The highest BCUT2D eigenvalue weighted by Gasteiger charge is 2.44. The van der Waals surface area contributed by atoms with Crippen LogP contribution in [0.3, 0.4) is 0 Å². The van der Waals surface area contributed by atoms with E-state index in [-0.39, 0.29) is 24.5 Å². The first kappa shape index (κ1) is 13.3. The fourth-order valence-electron chi connectivity index (χ4n) is 2.49. The molecule has 102 valence electrons. The lowest BCUT2D eigenvalue weighted by atomic mass is 9.98. The van der Waals surface area contributed by atoms with Gasteiger partial charge in [-0.3, -0.25) is 9.59 Å². The second kappa shape index (κ2) is 5.26. The van der Waals surface area contributed by atoms with Crippen molar-refractivity contribution >= 4 is 11.9 Å². The van der Waals surface area contributed by atoms with Crippen molar-refractivity contribution < 1.29 is 14.3 Å². The predicted octanol–water partition coefficient (Wildman–Crippen LogP) is 0.683. The van der Waals surface area contributed by atoms with Crippen LogP contribution in [0.4, 0.5) is 0 Å². The first-order valence-corrected chi connectivity index (χ1v) is 6.78. The Morgan fingerprint density at radius 2 is 2.17 bits per heavy atom. The Morgan fingerprint density at radius 1 is 1.44 bits per heavy atom. The van der Waals surface area contributed by atoms with Crippen molar-refractivity contribution in [1.29, 1.82) is 0 Å². The number of ether oxygens (including phenoxy) is 1. The van der Waals surface area contributed by atoms with Gasteiger partial charge in [0.1, 0.15) is 6.54 Å². The summed E-state index contributed by atoms with van der Waals surface area (Å²) in [5.74, 6) is -0.255. The fourth-order valence-corrected chi connectivity index (χ4v) is 2.49. The van der Waals surface area contributed by atoms with Gasteiger partial charge in [-0.1, -0.05) is 0 Å². The lowest BCUT2D eigenvalue weighted by Crippen LogP contribution is -2.54. The molecule has 0 aromatic carbocycles. The quantitative estimate of drug-likeness (QED) is 0.733. The van der Waals surface area contributed by atoms with Crippen LogP contribution in [-0.4, -0.2) is 48.1 Å². The molecule has 2 fully saturated rings. The Labute approximate surface area is 108 Å². The zero-order valence-electron chi connectivity index (χ0n) is 11.2. The Bertz CT molecular complexity index is 333. The van der Waals surface area contributed by atoms with Crippen molar-refractivity contribution in [2.45, 2.75) is 51.1 Å². The zero-order valence-corrected chi connectivity index (χ0v) is 11.2. The van der Waals surface area contributed by atoms with E-state index >= 15 is 0 Å². The molecule has 1 amide bonds. The van der Waals surface area contributed by atoms with Gasteiger partial charge in [0.2, 0.25) is 5.91 Å². The maximum absolute atomic E-state index is 12.5. The van der Waals surface area contributed by atoms with Gasteiger partial charge in [0, 0.05) is 6.04 Å². The summed E-state index contributed by atoms with van der Waals surface area (Å²) in [6.45, 7) is 5.04. The van der Waals surface area contributed by atoms with Crippen molar-refractivity contribution in [3.63, 3.8) is 0 Å². The van der Waals surface area contributed by atoms with Gasteiger partial charge in [-0.05, 0) is 46.1 Å². The second-order valence-electron chi connectivity index (χ2n) is 5.33. The van der Waals surface area contributed by atoms with Crippen LogP contribution in [0.5, 0.6) is 0 Å². The molecular weight excluding hydrogens is 232 g/mol. The maximum atomic E-state index is 12.5.